The van der Waals surface area contributed by atoms with Crippen LogP contribution in [0.3, 0.4) is 0 Å². The normalized spacial score (nSPS) is 10.6. The Hall–Kier alpha value is -3.98. The van der Waals surface area contributed by atoms with E-state index in [2.05, 4.69) is 50.6 Å². The van der Waals surface area contributed by atoms with Gasteiger partial charge in [-0.2, -0.15) is 0 Å². The predicted molar refractivity (Wildman–Crippen MR) is 157 cm³/mol. The molecule has 0 bridgehead atoms. The second kappa shape index (κ2) is 12.6. The molecule has 0 aliphatic carbocycles. The van der Waals surface area contributed by atoms with Gasteiger partial charge in [0.15, 0.2) is 0 Å². The van der Waals surface area contributed by atoms with Crippen molar-refractivity contribution in [2.24, 2.45) is 0 Å². The average molecular weight is 479 g/mol. The van der Waals surface area contributed by atoms with Crippen molar-refractivity contribution in [2.75, 3.05) is 11.5 Å². The number of allylic oxidation sites excluding steroid dienone is 2. The first-order valence-electron chi connectivity index (χ1n) is 12.5. The van der Waals surface area contributed by atoms with Gasteiger partial charge in [0.1, 0.15) is 11.5 Å². The van der Waals surface area contributed by atoms with E-state index in [0.717, 1.165) is 58.4 Å². The van der Waals surface area contributed by atoms with Crippen molar-refractivity contribution >= 4 is 22.5 Å². The van der Waals surface area contributed by atoms with Gasteiger partial charge in [0.2, 0.25) is 0 Å². The smallest absolute Gasteiger partial charge is 0.127 e. The maximum atomic E-state index is 5.89. The molecular formula is C33H38N2O. The van der Waals surface area contributed by atoms with Crippen LogP contribution in [0.2, 0.25) is 0 Å². The van der Waals surface area contributed by atoms with Gasteiger partial charge in [-0.3, -0.25) is 0 Å². The summed E-state index contributed by atoms with van der Waals surface area (Å²) in [5.74, 6) is 1.32. The number of ether oxygens (including phenoxy) is 1. The molecule has 0 aliphatic heterocycles. The summed E-state index contributed by atoms with van der Waals surface area (Å²) in [7, 11) is 0. The van der Waals surface area contributed by atoms with Crippen LogP contribution in [-0.4, -0.2) is 0 Å². The first-order chi connectivity index (χ1) is 17.2. The van der Waals surface area contributed by atoms with E-state index in [1.54, 1.807) is 6.07 Å². The number of anilines is 2. The number of nitrogen functional groups attached to an aromatic ring is 2. The summed E-state index contributed by atoms with van der Waals surface area (Å²) >= 11 is 0. The van der Waals surface area contributed by atoms with Gasteiger partial charge in [0.05, 0.1) is 0 Å². The first kappa shape index (κ1) is 26.6. The zero-order chi connectivity index (χ0) is 26.1. The molecule has 3 nitrogen and oxygen atoms in total. The Morgan fingerprint density at radius 2 is 1.25 bits per heavy atom. The van der Waals surface area contributed by atoms with Crippen molar-refractivity contribution in [1.29, 1.82) is 0 Å². The molecule has 0 spiro atoms. The highest BCUT2D eigenvalue weighted by molar-refractivity contribution is 5.78. The minimum Gasteiger partial charge on any atom is -0.458 e. The molecule has 3 heteroatoms. The number of benzene rings is 3. The van der Waals surface area contributed by atoms with Crippen LogP contribution in [0, 0.1) is 0 Å². The lowest BCUT2D eigenvalue weighted by Crippen LogP contribution is -1.94. The van der Waals surface area contributed by atoms with Crippen LogP contribution in [0.5, 0.6) is 5.75 Å². The summed E-state index contributed by atoms with van der Waals surface area (Å²) in [5, 5.41) is 0. The van der Waals surface area contributed by atoms with Gasteiger partial charge in [-0.25, -0.2) is 0 Å². The van der Waals surface area contributed by atoms with E-state index in [0.29, 0.717) is 17.1 Å². The zero-order valence-electron chi connectivity index (χ0n) is 21.5. The van der Waals surface area contributed by atoms with Crippen LogP contribution in [0.1, 0.15) is 61.3 Å². The highest BCUT2D eigenvalue weighted by Crippen LogP contribution is 2.26. The molecule has 0 saturated heterocycles. The molecule has 3 rings (SSSR count). The van der Waals surface area contributed by atoms with Crippen molar-refractivity contribution in [1.82, 2.24) is 0 Å². The van der Waals surface area contributed by atoms with E-state index < -0.39 is 0 Å². The quantitative estimate of drug-likeness (QED) is 0.112. The summed E-state index contributed by atoms with van der Waals surface area (Å²) in [6, 6.07) is 22.3. The van der Waals surface area contributed by atoms with Gasteiger partial charge in [-0.05, 0) is 102 Å². The molecule has 0 radical (unpaired) electrons. The van der Waals surface area contributed by atoms with Crippen LogP contribution in [0.15, 0.2) is 104 Å². The lowest BCUT2D eigenvalue weighted by Gasteiger charge is -2.11. The number of rotatable bonds is 13. The van der Waals surface area contributed by atoms with Crippen LogP contribution in [-0.2, 0) is 6.42 Å². The standard InChI is InChI=1S/C33H38N2O/c1-23(2)26(5)36-33-18-16-29(17-19-33)25(4)28-14-12-27(13-15-28)11-9-7-6-8-10-24(3)30-20-31(34)22-32(35)21-30/h12-22H,1,3-11,34-35H2,2H3. The Labute approximate surface area is 216 Å². The largest absolute Gasteiger partial charge is 0.458 e. The van der Waals surface area contributed by atoms with E-state index in [4.69, 9.17) is 16.2 Å². The van der Waals surface area contributed by atoms with Crippen LogP contribution < -0.4 is 16.2 Å². The molecule has 36 heavy (non-hydrogen) atoms. The SMILES string of the molecule is C=C(C)C(=C)Oc1ccc(C(=C)c2ccc(CCCCCCC(=C)c3cc(N)cc(N)c3)cc2)cc1. The summed E-state index contributed by atoms with van der Waals surface area (Å²) in [6.07, 6.45) is 6.73. The minimum atomic E-state index is 0.575. The molecule has 0 atom stereocenters. The molecule has 0 heterocycles. The van der Waals surface area contributed by atoms with Crippen molar-refractivity contribution in [2.45, 2.75) is 45.4 Å². The summed E-state index contributed by atoms with van der Waals surface area (Å²) in [4.78, 5) is 0. The van der Waals surface area contributed by atoms with Crippen molar-refractivity contribution in [3.8, 4) is 5.75 Å². The molecule has 0 saturated carbocycles. The fraction of sp³-hybridized carbons (Fsp3) is 0.212. The van der Waals surface area contributed by atoms with Crippen molar-refractivity contribution < 1.29 is 4.74 Å². The maximum Gasteiger partial charge on any atom is 0.127 e. The zero-order valence-corrected chi connectivity index (χ0v) is 21.5. The monoisotopic (exact) mass is 478 g/mol. The third-order valence-electron chi connectivity index (χ3n) is 6.30. The Morgan fingerprint density at radius 1 is 0.694 bits per heavy atom. The Balaban J connectivity index is 1.40. The number of hydrogen-bond donors (Lipinski definition) is 2. The third-order valence-corrected chi connectivity index (χ3v) is 6.30. The summed E-state index contributed by atoms with van der Waals surface area (Å²) in [5.41, 5.74) is 20.7. The number of hydrogen-bond acceptors (Lipinski definition) is 3. The van der Waals surface area contributed by atoms with Gasteiger partial charge in [0.25, 0.3) is 0 Å². The third kappa shape index (κ3) is 7.78. The molecule has 0 amide bonds. The van der Waals surface area contributed by atoms with E-state index in [-0.39, 0.29) is 0 Å². The average Bonchev–Trinajstić information content (AvgIpc) is 2.85. The Morgan fingerprint density at radius 3 is 1.83 bits per heavy atom. The molecule has 3 aromatic rings. The Bertz CT molecular complexity index is 1210. The topological polar surface area (TPSA) is 61.3 Å². The molecule has 186 valence electrons. The molecule has 0 fully saturated rings. The lowest BCUT2D eigenvalue weighted by molar-refractivity contribution is 0.439. The lowest BCUT2D eigenvalue weighted by atomic mass is 9.97. The summed E-state index contributed by atoms with van der Waals surface area (Å²) < 4.78 is 5.70. The molecule has 4 N–H and O–H groups in total. The molecular weight excluding hydrogens is 440 g/mol. The van der Waals surface area contributed by atoms with Gasteiger partial charge >= 0.3 is 0 Å². The summed E-state index contributed by atoms with van der Waals surface area (Å²) in [6.45, 7) is 18.1. The van der Waals surface area contributed by atoms with Crippen LogP contribution >= 0.6 is 0 Å². The number of aryl methyl sites for hydroxylation is 1. The van der Waals surface area contributed by atoms with Gasteiger partial charge in [-0.1, -0.05) is 75.6 Å². The highest BCUT2D eigenvalue weighted by atomic mass is 16.5. The molecule has 0 aliphatic rings. The van der Waals surface area contributed by atoms with Crippen LogP contribution in [0.25, 0.3) is 11.1 Å². The van der Waals surface area contributed by atoms with Crippen LogP contribution in [0.4, 0.5) is 11.4 Å². The van der Waals surface area contributed by atoms with Crippen molar-refractivity contribution in [3.63, 3.8) is 0 Å². The highest BCUT2D eigenvalue weighted by Gasteiger charge is 2.06. The number of nitrogens with two attached hydrogens (primary N) is 2. The second-order valence-electron chi connectivity index (χ2n) is 9.41. The van der Waals surface area contributed by atoms with E-state index in [1.807, 2.05) is 43.3 Å². The maximum absolute atomic E-state index is 5.89. The van der Waals surface area contributed by atoms with Gasteiger partial charge in [0, 0.05) is 11.4 Å². The van der Waals surface area contributed by atoms with E-state index >= 15 is 0 Å². The molecule has 0 aromatic heterocycles. The van der Waals surface area contributed by atoms with E-state index in [1.165, 1.54) is 24.8 Å². The Kier molecular flexibility index (Phi) is 9.35. The molecule has 3 aromatic carbocycles. The predicted octanol–water partition coefficient (Wildman–Crippen LogP) is 8.59. The van der Waals surface area contributed by atoms with Crippen molar-refractivity contribution in [3.05, 3.63) is 127 Å². The van der Waals surface area contributed by atoms with E-state index in [9.17, 15) is 0 Å². The molecule has 0 unspecified atom stereocenters. The fourth-order valence-corrected chi connectivity index (χ4v) is 4.04. The fourth-order valence-electron chi connectivity index (χ4n) is 4.04. The van der Waals surface area contributed by atoms with Gasteiger partial charge < -0.3 is 16.2 Å². The number of unbranched alkanes of at least 4 members (excludes halogenated alkanes) is 3. The first-order valence-corrected chi connectivity index (χ1v) is 12.5. The second-order valence-corrected chi connectivity index (χ2v) is 9.41. The minimum absolute atomic E-state index is 0.575. The van der Waals surface area contributed by atoms with Gasteiger partial charge in [-0.15, -0.1) is 0 Å².